The van der Waals surface area contributed by atoms with Gasteiger partial charge in [0.15, 0.2) is 0 Å². The molecule has 2 aromatic rings. The summed E-state index contributed by atoms with van der Waals surface area (Å²) in [5.74, 6) is 0. The van der Waals surface area contributed by atoms with Gasteiger partial charge in [-0.15, -0.1) is 0 Å². The molecule has 0 saturated carbocycles. The van der Waals surface area contributed by atoms with Crippen molar-refractivity contribution >= 4 is 21.6 Å². The van der Waals surface area contributed by atoms with Gasteiger partial charge in [0.1, 0.15) is 4.90 Å². The fourth-order valence-corrected chi connectivity index (χ4v) is 4.83. The number of morpholine rings is 1. The van der Waals surface area contributed by atoms with E-state index in [0.717, 1.165) is 5.56 Å². The first-order valence-electron chi connectivity index (χ1n) is 7.29. The lowest BCUT2D eigenvalue weighted by Crippen LogP contribution is -2.42. The highest BCUT2D eigenvalue weighted by molar-refractivity contribution is 7.89. The number of ether oxygens (including phenoxy) is 1. The number of aromatic amines is 1. The third kappa shape index (κ3) is 3.01. The second-order valence-corrected chi connectivity index (χ2v) is 7.79. The van der Waals surface area contributed by atoms with E-state index < -0.39 is 10.0 Å². The van der Waals surface area contributed by atoms with Gasteiger partial charge in [-0.05, 0) is 19.9 Å². The Hall–Kier alpha value is -1.41. The fourth-order valence-electron chi connectivity index (χ4n) is 2.82. The van der Waals surface area contributed by atoms with Gasteiger partial charge < -0.3 is 4.74 Å². The third-order valence-electron chi connectivity index (χ3n) is 3.94. The smallest absolute Gasteiger partial charge is 0.246 e. The number of sulfonamides is 1. The highest BCUT2D eigenvalue weighted by Crippen LogP contribution is 2.31. The Morgan fingerprint density at radius 1 is 1.35 bits per heavy atom. The van der Waals surface area contributed by atoms with Crippen molar-refractivity contribution in [2.75, 3.05) is 19.7 Å². The topological polar surface area (TPSA) is 75.3 Å². The molecular weight excluding hydrogens is 338 g/mol. The number of aromatic nitrogens is 2. The zero-order chi connectivity index (χ0) is 16.6. The molecule has 8 heteroatoms. The Bertz CT molecular complexity index is 800. The van der Waals surface area contributed by atoms with Crippen LogP contribution in [0.5, 0.6) is 0 Å². The Morgan fingerprint density at radius 3 is 2.74 bits per heavy atom. The van der Waals surface area contributed by atoms with Crippen molar-refractivity contribution < 1.29 is 13.2 Å². The van der Waals surface area contributed by atoms with Crippen LogP contribution < -0.4 is 0 Å². The molecule has 1 aliphatic rings. The van der Waals surface area contributed by atoms with Crippen molar-refractivity contribution in [2.45, 2.75) is 24.8 Å². The SMILES string of the molecule is Cc1n[nH]c(C)c1S(=O)(=O)N1CCOC(c2ccccc2Cl)C1. The standard InChI is InChI=1S/C15H18ClN3O3S/c1-10-15(11(2)18-17-10)23(20,21)19-7-8-22-14(9-19)12-5-3-4-6-13(12)16/h3-6,14H,7-9H2,1-2H3,(H,17,18). The molecule has 0 amide bonds. The van der Waals surface area contributed by atoms with Gasteiger partial charge in [0.25, 0.3) is 0 Å². The zero-order valence-electron chi connectivity index (χ0n) is 12.9. The molecule has 23 heavy (non-hydrogen) atoms. The first-order chi connectivity index (χ1) is 10.9. The van der Waals surface area contributed by atoms with E-state index in [4.69, 9.17) is 16.3 Å². The van der Waals surface area contributed by atoms with Gasteiger partial charge >= 0.3 is 0 Å². The van der Waals surface area contributed by atoms with Crippen LogP contribution in [-0.2, 0) is 14.8 Å². The lowest BCUT2D eigenvalue weighted by atomic mass is 10.1. The lowest BCUT2D eigenvalue weighted by molar-refractivity contribution is -0.00251. The summed E-state index contributed by atoms with van der Waals surface area (Å²) in [5.41, 5.74) is 1.82. The van der Waals surface area contributed by atoms with E-state index >= 15 is 0 Å². The maximum Gasteiger partial charge on any atom is 0.246 e. The minimum Gasteiger partial charge on any atom is -0.371 e. The van der Waals surface area contributed by atoms with Gasteiger partial charge in [-0.3, -0.25) is 5.10 Å². The highest BCUT2D eigenvalue weighted by Gasteiger charge is 2.34. The molecule has 1 aliphatic heterocycles. The molecular formula is C15H18ClN3O3S. The monoisotopic (exact) mass is 355 g/mol. The zero-order valence-corrected chi connectivity index (χ0v) is 14.5. The number of benzene rings is 1. The number of halogens is 1. The minimum absolute atomic E-state index is 0.232. The van der Waals surface area contributed by atoms with Gasteiger partial charge in [-0.1, -0.05) is 29.8 Å². The van der Waals surface area contributed by atoms with Crippen LogP contribution in [0.4, 0.5) is 0 Å². The number of H-pyrrole nitrogens is 1. The predicted octanol–water partition coefficient (Wildman–Crippen LogP) is 2.44. The molecule has 6 nitrogen and oxygen atoms in total. The van der Waals surface area contributed by atoms with Crippen molar-refractivity contribution in [3.63, 3.8) is 0 Å². The number of aryl methyl sites for hydroxylation is 2. The summed E-state index contributed by atoms with van der Waals surface area (Å²) in [4.78, 5) is 0.248. The van der Waals surface area contributed by atoms with Gasteiger partial charge in [-0.25, -0.2) is 8.42 Å². The first kappa shape index (κ1) is 16.4. The van der Waals surface area contributed by atoms with Gasteiger partial charge in [0, 0.05) is 23.7 Å². The Labute approximate surface area is 140 Å². The quantitative estimate of drug-likeness (QED) is 0.917. The molecule has 1 saturated heterocycles. The summed E-state index contributed by atoms with van der Waals surface area (Å²) >= 11 is 6.21. The van der Waals surface area contributed by atoms with Crippen LogP contribution in [0.25, 0.3) is 0 Å². The second kappa shape index (κ2) is 6.24. The molecule has 1 unspecified atom stereocenters. The molecule has 2 heterocycles. The average Bonchev–Trinajstić information content (AvgIpc) is 2.87. The third-order valence-corrected chi connectivity index (χ3v) is 6.41. The van der Waals surface area contributed by atoms with E-state index in [1.165, 1.54) is 4.31 Å². The van der Waals surface area contributed by atoms with E-state index in [2.05, 4.69) is 10.2 Å². The number of nitrogens with one attached hydrogen (secondary N) is 1. The summed E-state index contributed by atoms with van der Waals surface area (Å²) < 4.78 is 33.0. The largest absolute Gasteiger partial charge is 0.371 e. The van der Waals surface area contributed by atoms with Crippen LogP contribution in [0.3, 0.4) is 0 Å². The van der Waals surface area contributed by atoms with Crippen molar-refractivity contribution in [1.29, 1.82) is 0 Å². The lowest BCUT2D eigenvalue weighted by Gasteiger charge is -2.32. The van der Waals surface area contributed by atoms with Gasteiger partial charge in [-0.2, -0.15) is 9.40 Å². The van der Waals surface area contributed by atoms with Crippen molar-refractivity contribution in [3.8, 4) is 0 Å². The molecule has 0 bridgehead atoms. The van der Waals surface area contributed by atoms with Crippen molar-refractivity contribution in [2.24, 2.45) is 0 Å². The van der Waals surface area contributed by atoms with E-state index in [0.29, 0.717) is 29.6 Å². The van der Waals surface area contributed by atoms with Crippen LogP contribution in [0.15, 0.2) is 29.2 Å². The van der Waals surface area contributed by atoms with Crippen LogP contribution in [0.1, 0.15) is 23.1 Å². The number of hydrogen-bond acceptors (Lipinski definition) is 4. The van der Waals surface area contributed by atoms with Crippen LogP contribution in [0.2, 0.25) is 5.02 Å². The maximum atomic E-state index is 12.9. The number of rotatable bonds is 3. The van der Waals surface area contributed by atoms with Crippen molar-refractivity contribution in [3.05, 3.63) is 46.2 Å². The Morgan fingerprint density at radius 2 is 2.09 bits per heavy atom. The molecule has 1 aromatic heterocycles. The maximum absolute atomic E-state index is 12.9. The van der Waals surface area contributed by atoms with Gasteiger partial charge in [0.05, 0.1) is 24.1 Å². The summed E-state index contributed by atoms with van der Waals surface area (Å²) in [6.45, 7) is 4.26. The van der Waals surface area contributed by atoms with E-state index in [1.807, 2.05) is 18.2 Å². The summed E-state index contributed by atoms with van der Waals surface area (Å²) in [6, 6.07) is 7.33. The van der Waals surface area contributed by atoms with Crippen LogP contribution in [-0.4, -0.2) is 42.6 Å². The fraction of sp³-hybridized carbons (Fsp3) is 0.400. The van der Waals surface area contributed by atoms with E-state index in [9.17, 15) is 8.42 Å². The molecule has 1 aromatic carbocycles. The average molecular weight is 356 g/mol. The number of nitrogens with zero attached hydrogens (tertiary/aromatic N) is 2. The Balaban J connectivity index is 1.91. The first-order valence-corrected chi connectivity index (χ1v) is 9.11. The van der Waals surface area contributed by atoms with Crippen LogP contribution >= 0.6 is 11.6 Å². The molecule has 1 N–H and O–H groups in total. The molecule has 124 valence electrons. The molecule has 0 aliphatic carbocycles. The highest BCUT2D eigenvalue weighted by atomic mass is 35.5. The predicted molar refractivity (Wildman–Crippen MR) is 87.0 cm³/mol. The Kier molecular flexibility index (Phi) is 4.46. The molecule has 3 rings (SSSR count). The van der Waals surface area contributed by atoms with Gasteiger partial charge in [0.2, 0.25) is 10.0 Å². The number of hydrogen-bond donors (Lipinski definition) is 1. The van der Waals surface area contributed by atoms with Crippen LogP contribution in [0, 0.1) is 13.8 Å². The molecule has 1 fully saturated rings. The summed E-state index contributed by atoms with van der Waals surface area (Å²) in [6.07, 6.45) is -0.375. The van der Waals surface area contributed by atoms with E-state index in [-0.39, 0.29) is 17.5 Å². The van der Waals surface area contributed by atoms with Crippen molar-refractivity contribution in [1.82, 2.24) is 14.5 Å². The summed E-state index contributed by atoms with van der Waals surface area (Å²) in [5, 5.41) is 7.29. The molecule has 0 radical (unpaired) electrons. The second-order valence-electron chi connectivity index (χ2n) is 5.51. The minimum atomic E-state index is -3.62. The molecule has 1 atom stereocenters. The molecule has 0 spiro atoms. The normalized spacial score (nSPS) is 19.9. The van der Waals surface area contributed by atoms with E-state index in [1.54, 1.807) is 19.9 Å². The summed E-state index contributed by atoms with van der Waals surface area (Å²) in [7, 11) is -3.62.